The summed E-state index contributed by atoms with van der Waals surface area (Å²) in [4.78, 5) is 13.3. The van der Waals surface area contributed by atoms with Crippen LogP contribution in [-0.2, 0) is 19.7 Å². The molecule has 4 rings (SSSR count). The first-order valence-electron chi connectivity index (χ1n) is 10.2. The minimum Gasteiger partial charge on any atom is -0.504 e. The number of phenolic OH excluding ortho intramolecular Hbond substituents is 2. The van der Waals surface area contributed by atoms with Crippen molar-refractivity contribution in [3.8, 4) is 11.5 Å². The molecule has 28 heavy (non-hydrogen) atoms. The first-order chi connectivity index (χ1) is 13.1. The van der Waals surface area contributed by atoms with Gasteiger partial charge in [0, 0.05) is 23.7 Å². The van der Waals surface area contributed by atoms with E-state index in [1.807, 2.05) is 40.7 Å². The number of fused-ring (bicyclic) bond motifs is 1. The summed E-state index contributed by atoms with van der Waals surface area (Å²) >= 11 is 0. The lowest BCUT2D eigenvalue weighted by molar-refractivity contribution is -0.150. The van der Waals surface area contributed by atoms with Gasteiger partial charge >= 0.3 is 5.97 Å². The Bertz CT molecular complexity index is 829. The van der Waals surface area contributed by atoms with Gasteiger partial charge < -0.3 is 24.8 Å². The molecule has 0 spiro atoms. The van der Waals surface area contributed by atoms with Crippen LogP contribution in [0.4, 0.5) is 0 Å². The number of hydrogen-bond donors (Lipinski definition) is 3. The number of hydrogen-bond acceptors (Lipinski definition) is 6. The second kappa shape index (κ2) is 6.10. The number of esters is 1. The Morgan fingerprint density at radius 3 is 2.54 bits per heavy atom. The van der Waals surface area contributed by atoms with E-state index in [1.54, 1.807) is 0 Å². The average molecular weight is 390 g/mol. The van der Waals surface area contributed by atoms with Gasteiger partial charge in [-0.15, -0.1) is 0 Å². The van der Waals surface area contributed by atoms with Crippen molar-refractivity contribution in [2.24, 2.45) is 11.3 Å². The molecule has 2 aliphatic carbocycles. The quantitative estimate of drug-likeness (QED) is 0.541. The fraction of sp³-hybridized carbons (Fsp3) is 0.682. The van der Waals surface area contributed by atoms with Gasteiger partial charge in [-0.3, -0.25) is 4.79 Å². The second-order valence-corrected chi connectivity index (χ2v) is 9.53. The smallest absolute Gasteiger partial charge is 0.317 e. The third kappa shape index (κ3) is 2.31. The maximum Gasteiger partial charge on any atom is 0.317 e. The second-order valence-electron chi connectivity index (χ2n) is 9.53. The maximum atomic E-state index is 13.3. The van der Waals surface area contributed by atoms with Crippen molar-refractivity contribution in [1.29, 1.82) is 0 Å². The molecular formula is C22H30O6. The van der Waals surface area contributed by atoms with Gasteiger partial charge in [-0.25, -0.2) is 0 Å². The number of rotatable bonds is 3. The number of carbonyl (C=O) groups excluding carboxylic acids is 1. The van der Waals surface area contributed by atoms with Crippen molar-refractivity contribution in [3.05, 3.63) is 22.8 Å². The Morgan fingerprint density at radius 1 is 1.25 bits per heavy atom. The Balaban J connectivity index is 2.07. The van der Waals surface area contributed by atoms with E-state index < -0.39 is 35.1 Å². The van der Waals surface area contributed by atoms with E-state index in [0.717, 1.165) is 0 Å². The van der Waals surface area contributed by atoms with Gasteiger partial charge in [0.25, 0.3) is 0 Å². The molecule has 1 aromatic carbocycles. The SMILES string of the molecule is CCO[C@H]1c2cc(C(C)C)c(O)c(O)c2[C@@]23C[C@@H](O)CC(C)(C)[C@@H]2[C@@H]1OC3=O. The standard InChI is InChI=1S/C22H30O6/c1-6-27-17-13-7-12(10(2)3)15(24)16(25)14(13)22-9-11(23)8-21(4,5)19(22)18(17)28-20(22)26/h7,10-11,17-19,23-25H,6,8-9H2,1-5H3/t11-,17-,18+,19-,22-/m0/s1. The fourth-order valence-corrected chi connectivity index (χ4v) is 6.17. The molecule has 6 nitrogen and oxygen atoms in total. The van der Waals surface area contributed by atoms with Crippen molar-refractivity contribution in [3.63, 3.8) is 0 Å². The monoisotopic (exact) mass is 390 g/mol. The third-order valence-corrected chi connectivity index (χ3v) is 6.98. The van der Waals surface area contributed by atoms with Crippen LogP contribution in [-0.4, -0.2) is 40.1 Å². The lowest BCUT2D eigenvalue weighted by Gasteiger charge is -2.53. The first-order valence-corrected chi connectivity index (χ1v) is 10.2. The topological polar surface area (TPSA) is 96.2 Å². The highest BCUT2D eigenvalue weighted by Crippen LogP contribution is 2.67. The molecule has 5 atom stereocenters. The van der Waals surface area contributed by atoms with Crippen LogP contribution in [0.5, 0.6) is 11.5 Å². The highest BCUT2D eigenvalue weighted by molar-refractivity contribution is 5.90. The summed E-state index contributed by atoms with van der Waals surface area (Å²) in [6.07, 6.45) is -0.969. The molecule has 0 radical (unpaired) electrons. The predicted molar refractivity (Wildman–Crippen MR) is 102 cm³/mol. The Kier molecular flexibility index (Phi) is 4.25. The third-order valence-electron chi connectivity index (χ3n) is 6.98. The number of aliphatic hydroxyl groups excluding tert-OH is 1. The number of carbonyl (C=O) groups is 1. The van der Waals surface area contributed by atoms with Crippen LogP contribution in [0.25, 0.3) is 0 Å². The van der Waals surface area contributed by atoms with Gasteiger partial charge in [0.1, 0.15) is 17.6 Å². The molecule has 1 aromatic rings. The molecule has 1 heterocycles. The maximum absolute atomic E-state index is 13.3. The summed E-state index contributed by atoms with van der Waals surface area (Å²) in [6, 6.07) is 1.84. The normalized spacial score (nSPS) is 35.5. The van der Waals surface area contributed by atoms with E-state index in [1.165, 1.54) is 0 Å². The number of aliphatic hydroxyl groups is 1. The average Bonchev–Trinajstić information content (AvgIpc) is 2.83. The van der Waals surface area contributed by atoms with Crippen LogP contribution in [0, 0.1) is 11.3 Å². The molecule has 2 bridgehead atoms. The zero-order valence-corrected chi connectivity index (χ0v) is 17.2. The molecular weight excluding hydrogens is 360 g/mol. The zero-order chi connectivity index (χ0) is 20.6. The molecule has 0 amide bonds. The largest absolute Gasteiger partial charge is 0.504 e. The minimum absolute atomic E-state index is 0.0173. The van der Waals surface area contributed by atoms with Gasteiger partial charge in [-0.1, -0.05) is 27.7 Å². The highest BCUT2D eigenvalue weighted by atomic mass is 16.6. The number of aromatic hydroxyl groups is 2. The van der Waals surface area contributed by atoms with Gasteiger partial charge in [0.15, 0.2) is 11.5 Å². The van der Waals surface area contributed by atoms with Gasteiger partial charge in [-0.2, -0.15) is 0 Å². The summed E-state index contributed by atoms with van der Waals surface area (Å²) in [5, 5.41) is 32.5. The lowest BCUT2D eigenvalue weighted by atomic mass is 9.48. The summed E-state index contributed by atoms with van der Waals surface area (Å²) in [5.41, 5.74) is 0.103. The van der Waals surface area contributed by atoms with Crippen LogP contribution >= 0.6 is 0 Å². The van der Waals surface area contributed by atoms with Crippen molar-refractivity contribution in [1.82, 2.24) is 0 Å². The Labute approximate surface area is 165 Å². The van der Waals surface area contributed by atoms with E-state index in [0.29, 0.717) is 29.7 Å². The summed E-state index contributed by atoms with van der Waals surface area (Å²) in [6.45, 7) is 10.2. The Hall–Kier alpha value is -1.79. The zero-order valence-electron chi connectivity index (χ0n) is 17.2. The number of benzene rings is 1. The minimum atomic E-state index is -1.17. The van der Waals surface area contributed by atoms with E-state index in [4.69, 9.17) is 9.47 Å². The van der Waals surface area contributed by atoms with Crippen molar-refractivity contribution < 1.29 is 29.6 Å². The van der Waals surface area contributed by atoms with Crippen LogP contribution in [0.3, 0.4) is 0 Å². The van der Waals surface area contributed by atoms with Gasteiger partial charge in [0.2, 0.25) is 0 Å². The van der Waals surface area contributed by atoms with Crippen molar-refractivity contribution in [2.75, 3.05) is 6.61 Å². The molecule has 3 aliphatic rings. The molecule has 1 aliphatic heterocycles. The van der Waals surface area contributed by atoms with Crippen LogP contribution in [0.1, 0.15) is 76.2 Å². The lowest BCUT2D eigenvalue weighted by Crippen LogP contribution is -2.57. The van der Waals surface area contributed by atoms with E-state index in [9.17, 15) is 20.1 Å². The summed E-state index contributed by atoms with van der Waals surface area (Å²) in [7, 11) is 0. The molecule has 0 aromatic heterocycles. The molecule has 0 unspecified atom stereocenters. The summed E-state index contributed by atoms with van der Waals surface area (Å²) < 4.78 is 11.9. The molecule has 6 heteroatoms. The van der Waals surface area contributed by atoms with Gasteiger partial charge in [0.05, 0.1) is 6.10 Å². The highest BCUT2D eigenvalue weighted by Gasteiger charge is 2.71. The predicted octanol–water partition coefficient (Wildman–Crippen LogP) is 3.27. The first kappa shape index (κ1) is 19.5. The molecule has 3 N–H and O–H groups in total. The fourth-order valence-electron chi connectivity index (χ4n) is 6.17. The molecule has 1 saturated carbocycles. The van der Waals surface area contributed by atoms with E-state index >= 15 is 0 Å². The van der Waals surface area contributed by atoms with Crippen molar-refractivity contribution >= 4 is 5.97 Å². The summed E-state index contributed by atoms with van der Waals surface area (Å²) in [5.74, 6) is -1.19. The van der Waals surface area contributed by atoms with E-state index in [-0.39, 0.29) is 29.8 Å². The van der Waals surface area contributed by atoms with Gasteiger partial charge in [-0.05, 0) is 42.7 Å². The van der Waals surface area contributed by atoms with Crippen LogP contribution in [0.15, 0.2) is 6.07 Å². The van der Waals surface area contributed by atoms with Crippen molar-refractivity contribution in [2.45, 2.75) is 77.1 Å². The molecule has 154 valence electrons. The number of ether oxygens (including phenoxy) is 2. The van der Waals surface area contributed by atoms with Crippen LogP contribution in [0.2, 0.25) is 0 Å². The number of phenols is 2. The molecule has 1 saturated heterocycles. The van der Waals surface area contributed by atoms with Crippen LogP contribution < -0.4 is 0 Å². The Morgan fingerprint density at radius 2 is 1.93 bits per heavy atom. The molecule has 2 fully saturated rings. The van der Waals surface area contributed by atoms with E-state index in [2.05, 4.69) is 0 Å².